The largest absolute Gasteiger partial charge is 0.367 e. The molecular formula is C28H30ClFN8O. The number of pyridine rings is 2. The molecule has 0 saturated carbocycles. The summed E-state index contributed by atoms with van der Waals surface area (Å²) in [5.74, 6) is -0.389. The number of hydrogen-bond acceptors (Lipinski definition) is 7. The number of aromatic nitrogens is 4. The molecule has 3 aromatic heterocycles. The van der Waals surface area contributed by atoms with Crippen molar-refractivity contribution in [2.75, 3.05) is 50.7 Å². The number of halogens is 2. The van der Waals surface area contributed by atoms with Crippen molar-refractivity contribution in [2.24, 2.45) is 0 Å². The number of amides is 1. The van der Waals surface area contributed by atoms with Crippen LogP contribution in [0.5, 0.6) is 0 Å². The van der Waals surface area contributed by atoms with E-state index in [-0.39, 0.29) is 11.9 Å². The Morgan fingerprint density at radius 3 is 2.85 bits per heavy atom. The number of anilines is 1. The van der Waals surface area contributed by atoms with Crippen LogP contribution < -0.4 is 15.5 Å². The Balaban J connectivity index is 1.19. The summed E-state index contributed by atoms with van der Waals surface area (Å²) in [6.07, 6.45) is 6.01. The highest BCUT2D eigenvalue weighted by Crippen LogP contribution is 2.33. The van der Waals surface area contributed by atoms with Crippen molar-refractivity contribution in [3.63, 3.8) is 0 Å². The Morgan fingerprint density at radius 2 is 1.97 bits per heavy atom. The molecule has 11 heteroatoms. The molecular weight excluding hydrogens is 519 g/mol. The van der Waals surface area contributed by atoms with Gasteiger partial charge in [0.1, 0.15) is 17.6 Å². The summed E-state index contributed by atoms with van der Waals surface area (Å²) in [6.45, 7) is 5.79. The molecule has 4 aromatic rings. The van der Waals surface area contributed by atoms with Crippen molar-refractivity contribution in [1.82, 2.24) is 35.7 Å². The van der Waals surface area contributed by atoms with Crippen molar-refractivity contribution in [1.29, 1.82) is 0 Å². The monoisotopic (exact) mass is 548 g/mol. The first kappa shape index (κ1) is 25.7. The molecule has 1 amide bonds. The molecule has 2 fully saturated rings. The van der Waals surface area contributed by atoms with Gasteiger partial charge in [0.2, 0.25) is 5.91 Å². The number of benzene rings is 1. The quantitative estimate of drug-likeness (QED) is 0.325. The van der Waals surface area contributed by atoms with Crippen LogP contribution in [0.2, 0.25) is 5.02 Å². The molecule has 0 radical (unpaired) electrons. The van der Waals surface area contributed by atoms with Crippen molar-refractivity contribution < 1.29 is 9.18 Å². The summed E-state index contributed by atoms with van der Waals surface area (Å²) in [5, 5.41) is 13.9. The minimum atomic E-state index is -0.411. The first-order valence-corrected chi connectivity index (χ1v) is 13.7. The molecule has 1 aromatic carbocycles. The zero-order chi connectivity index (χ0) is 26.8. The van der Waals surface area contributed by atoms with Crippen LogP contribution in [0, 0.1) is 5.82 Å². The van der Waals surface area contributed by atoms with Crippen LogP contribution in [0.1, 0.15) is 12.8 Å². The zero-order valence-electron chi connectivity index (χ0n) is 21.5. The van der Waals surface area contributed by atoms with Crippen LogP contribution in [0.25, 0.3) is 33.5 Å². The van der Waals surface area contributed by atoms with Crippen molar-refractivity contribution >= 4 is 34.2 Å². The van der Waals surface area contributed by atoms with Crippen molar-refractivity contribution in [2.45, 2.75) is 18.9 Å². The van der Waals surface area contributed by atoms with Gasteiger partial charge in [-0.15, -0.1) is 0 Å². The minimum absolute atomic E-state index is 0.0220. The maximum Gasteiger partial charge on any atom is 0.239 e. The van der Waals surface area contributed by atoms with E-state index in [1.165, 1.54) is 25.0 Å². The van der Waals surface area contributed by atoms with Crippen LogP contribution in [0.15, 0.2) is 48.8 Å². The average molecular weight is 549 g/mol. The molecule has 9 nitrogen and oxygen atoms in total. The number of likely N-dealkylation sites (tertiary alicyclic amines) is 1. The molecule has 202 valence electrons. The zero-order valence-corrected chi connectivity index (χ0v) is 22.2. The lowest BCUT2D eigenvalue weighted by Gasteiger charge is -2.34. The Labute approximate surface area is 230 Å². The van der Waals surface area contributed by atoms with Crippen LogP contribution in [0.3, 0.4) is 0 Å². The molecule has 2 aliphatic heterocycles. The molecule has 5 heterocycles. The van der Waals surface area contributed by atoms with E-state index in [0.29, 0.717) is 52.7 Å². The Kier molecular flexibility index (Phi) is 7.40. The topological polar surface area (TPSA) is 102 Å². The van der Waals surface area contributed by atoms with Gasteiger partial charge in [0.15, 0.2) is 0 Å². The Hall–Kier alpha value is -3.60. The molecule has 3 N–H and O–H groups in total. The van der Waals surface area contributed by atoms with Crippen LogP contribution in [-0.4, -0.2) is 82.8 Å². The maximum absolute atomic E-state index is 14.6. The second-order valence-electron chi connectivity index (χ2n) is 9.99. The molecule has 39 heavy (non-hydrogen) atoms. The number of hydrogen-bond donors (Lipinski definition) is 3. The summed E-state index contributed by atoms with van der Waals surface area (Å²) < 4.78 is 14.6. The molecule has 0 aliphatic carbocycles. The number of fused-ring (bicyclic) bond motifs is 1. The van der Waals surface area contributed by atoms with Gasteiger partial charge in [-0.1, -0.05) is 11.6 Å². The molecule has 2 saturated heterocycles. The summed E-state index contributed by atoms with van der Waals surface area (Å²) in [6, 6.07) is 9.82. The maximum atomic E-state index is 14.6. The third-order valence-electron chi connectivity index (χ3n) is 7.41. The predicted octanol–water partition coefficient (Wildman–Crippen LogP) is 3.47. The van der Waals surface area contributed by atoms with Gasteiger partial charge in [0.05, 0.1) is 28.6 Å². The van der Waals surface area contributed by atoms with Gasteiger partial charge in [-0.2, -0.15) is 5.10 Å². The standard InChI is InChI=1S/C28H30ClFN8O/c29-18-3-4-22(30)20(13-18)27-21(16-34-36-27)23-5-6-24-25(35-23)14-19(15-33-24)38-12-8-31-26(17-38)28(39)32-7-11-37-9-1-2-10-37/h3-6,13-16,26,31H,1-2,7-12,17H2,(H,32,39)(H,34,36)/t26-/m1/s1. The normalized spacial score (nSPS) is 18.1. The highest BCUT2D eigenvalue weighted by atomic mass is 35.5. The number of piperazine rings is 1. The molecule has 0 spiro atoms. The van der Waals surface area contributed by atoms with Crippen molar-refractivity contribution in [3.05, 3.63) is 59.6 Å². The lowest BCUT2D eigenvalue weighted by atomic mass is 10.0. The summed E-state index contributed by atoms with van der Waals surface area (Å²) in [7, 11) is 0. The number of nitrogens with zero attached hydrogens (tertiary/aromatic N) is 5. The van der Waals surface area contributed by atoms with Gasteiger partial charge in [-0.05, 0) is 62.3 Å². The van der Waals surface area contributed by atoms with Gasteiger partial charge in [0.25, 0.3) is 0 Å². The number of rotatable bonds is 7. The lowest BCUT2D eigenvalue weighted by molar-refractivity contribution is -0.123. The first-order valence-electron chi connectivity index (χ1n) is 13.3. The third-order valence-corrected chi connectivity index (χ3v) is 7.64. The van der Waals surface area contributed by atoms with Gasteiger partial charge in [0, 0.05) is 55.1 Å². The number of carbonyl (C=O) groups is 1. The smallest absolute Gasteiger partial charge is 0.239 e. The summed E-state index contributed by atoms with van der Waals surface area (Å²) in [5.41, 5.74) is 4.39. The molecule has 2 aliphatic rings. The van der Waals surface area contributed by atoms with E-state index in [0.717, 1.165) is 37.4 Å². The van der Waals surface area contributed by atoms with Crippen LogP contribution in [0.4, 0.5) is 10.1 Å². The molecule has 1 atom stereocenters. The van der Waals surface area contributed by atoms with Crippen molar-refractivity contribution in [3.8, 4) is 22.5 Å². The minimum Gasteiger partial charge on any atom is -0.367 e. The van der Waals surface area contributed by atoms with Gasteiger partial charge >= 0.3 is 0 Å². The first-order chi connectivity index (χ1) is 19.0. The fourth-order valence-electron chi connectivity index (χ4n) is 5.32. The fraction of sp³-hybridized carbons (Fsp3) is 0.357. The number of H-pyrrole nitrogens is 1. The predicted molar refractivity (Wildman–Crippen MR) is 150 cm³/mol. The van der Waals surface area contributed by atoms with Crippen LogP contribution >= 0.6 is 11.6 Å². The third kappa shape index (κ3) is 5.59. The molecule has 0 unspecified atom stereocenters. The number of aromatic amines is 1. The number of nitrogens with one attached hydrogen (secondary N) is 3. The van der Waals surface area contributed by atoms with E-state index in [4.69, 9.17) is 16.6 Å². The van der Waals surface area contributed by atoms with Gasteiger partial charge in [-0.3, -0.25) is 14.9 Å². The van der Waals surface area contributed by atoms with Crippen LogP contribution in [-0.2, 0) is 4.79 Å². The van der Waals surface area contributed by atoms with Gasteiger partial charge < -0.3 is 20.4 Å². The molecule has 6 rings (SSSR count). The Morgan fingerprint density at radius 1 is 1.10 bits per heavy atom. The Bertz CT molecular complexity index is 1490. The van der Waals surface area contributed by atoms with E-state index in [1.807, 2.05) is 24.4 Å². The van der Waals surface area contributed by atoms with E-state index in [2.05, 4.69) is 35.6 Å². The second-order valence-corrected chi connectivity index (χ2v) is 10.4. The highest BCUT2D eigenvalue weighted by Gasteiger charge is 2.26. The summed E-state index contributed by atoms with van der Waals surface area (Å²) >= 11 is 6.12. The molecule has 0 bridgehead atoms. The van der Waals surface area contributed by atoms with Gasteiger partial charge in [-0.25, -0.2) is 9.37 Å². The lowest BCUT2D eigenvalue weighted by Crippen LogP contribution is -2.57. The highest BCUT2D eigenvalue weighted by molar-refractivity contribution is 6.30. The van der Waals surface area contributed by atoms with E-state index in [9.17, 15) is 9.18 Å². The number of carbonyl (C=O) groups excluding carboxylic acids is 1. The van der Waals surface area contributed by atoms with E-state index in [1.54, 1.807) is 12.3 Å². The van der Waals surface area contributed by atoms with E-state index < -0.39 is 5.82 Å². The summed E-state index contributed by atoms with van der Waals surface area (Å²) in [4.78, 5) is 26.8. The fourth-order valence-corrected chi connectivity index (χ4v) is 5.49. The average Bonchev–Trinajstić information content (AvgIpc) is 3.66. The second kappa shape index (κ2) is 11.3. The van der Waals surface area contributed by atoms with E-state index >= 15 is 0 Å². The SMILES string of the molecule is O=C(NCCN1CCCC1)[C@H]1CN(c2cnc3ccc(-c4c[nH]nc4-c4cc(Cl)ccc4F)nc3c2)CCN1.